The van der Waals surface area contributed by atoms with E-state index in [1.165, 1.54) is 51.6 Å². The highest BCUT2D eigenvalue weighted by molar-refractivity contribution is 4.84. The third-order valence-electron chi connectivity index (χ3n) is 4.40. The molecular formula is C16H34N2. The summed E-state index contributed by atoms with van der Waals surface area (Å²) in [6.07, 6.45) is 8.27. The highest BCUT2D eigenvalue weighted by atomic mass is 15.1. The van der Waals surface area contributed by atoms with Crippen molar-refractivity contribution in [3.8, 4) is 0 Å². The molecule has 18 heavy (non-hydrogen) atoms. The zero-order valence-electron chi connectivity index (χ0n) is 13.0. The fourth-order valence-corrected chi connectivity index (χ4v) is 3.35. The molecule has 0 saturated heterocycles. The molecule has 1 aliphatic rings. The topological polar surface area (TPSA) is 15.3 Å². The molecule has 1 N–H and O–H groups in total. The molecule has 0 spiro atoms. The second kappa shape index (κ2) is 8.92. The highest BCUT2D eigenvalue weighted by Gasteiger charge is 2.28. The number of hydrogen-bond donors (Lipinski definition) is 1. The van der Waals surface area contributed by atoms with Crippen LogP contribution in [0.15, 0.2) is 0 Å². The van der Waals surface area contributed by atoms with Crippen LogP contribution >= 0.6 is 0 Å². The van der Waals surface area contributed by atoms with Gasteiger partial charge in [-0.25, -0.2) is 0 Å². The molecule has 0 aromatic carbocycles. The Balaban J connectivity index is 2.34. The number of hydrogen-bond acceptors (Lipinski definition) is 2. The Morgan fingerprint density at radius 3 is 2.61 bits per heavy atom. The predicted molar refractivity (Wildman–Crippen MR) is 81.0 cm³/mol. The van der Waals surface area contributed by atoms with E-state index in [1.807, 2.05) is 0 Å². The summed E-state index contributed by atoms with van der Waals surface area (Å²) in [6.45, 7) is 10.6. The maximum Gasteiger partial charge on any atom is 0.0108 e. The van der Waals surface area contributed by atoms with E-state index in [1.54, 1.807) is 0 Å². The van der Waals surface area contributed by atoms with Gasteiger partial charge in [0.15, 0.2) is 0 Å². The van der Waals surface area contributed by atoms with Crippen molar-refractivity contribution in [3.63, 3.8) is 0 Å². The minimum atomic E-state index is 0.764. The van der Waals surface area contributed by atoms with Crippen molar-refractivity contribution in [2.45, 2.75) is 65.3 Å². The quantitative estimate of drug-likeness (QED) is 0.667. The van der Waals surface area contributed by atoms with E-state index >= 15 is 0 Å². The maximum atomic E-state index is 3.70. The first kappa shape index (κ1) is 16.0. The van der Waals surface area contributed by atoms with Gasteiger partial charge < -0.3 is 10.2 Å². The van der Waals surface area contributed by atoms with Crippen LogP contribution in [0.2, 0.25) is 0 Å². The molecule has 1 fully saturated rings. The number of nitrogens with zero attached hydrogens (tertiary/aromatic N) is 1. The van der Waals surface area contributed by atoms with Gasteiger partial charge in [-0.1, -0.05) is 33.6 Å². The van der Waals surface area contributed by atoms with Gasteiger partial charge in [0.25, 0.3) is 0 Å². The molecule has 108 valence electrons. The summed E-state index contributed by atoms with van der Waals surface area (Å²) in [5.41, 5.74) is 0. The average molecular weight is 254 g/mol. The normalized spacial score (nSPS) is 28.8. The Hall–Kier alpha value is -0.0800. The third-order valence-corrected chi connectivity index (χ3v) is 4.40. The van der Waals surface area contributed by atoms with Crippen molar-refractivity contribution in [2.75, 3.05) is 26.7 Å². The lowest BCUT2D eigenvalue weighted by atomic mass is 9.78. The second-order valence-corrected chi connectivity index (χ2v) is 6.31. The third kappa shape index (κ3) is 5.71. The Bertz CT molecular complexity index is 205. The van der Waals surface area contributed by atoms with Crippen molar-refractivity contribution >= 4 is 0 Å². The lowest BCUT2D eigenvalue weighted by Gasteiger charge is -2.37. The monoisotopic (exact) mass is 254 g/mol. The molecule has 1 rings (SSSR count). The molecule has 0 bridgehead atoms. The predicted octanol–water partition coefficient (Wildman–Crippen LogP) is 3.52. The molecule has 0 amide bonds. The van der Waals surface area contributed by atoms with Crippen LogP contribution in [0.4, 0.5) is 0 Å². The smallest absolute Gasteiger partial charge is 0.0108 e. The zero-order chi connectivity index (χ0) is 13.4. The van der Waals surface area contributed by atoms with Crippen LogP contribution in [0, 0.1) is 11.8 Å². The van der Waals surface area contributed by atoms with Crippen molar-refractivity contribution in [1.29, 1.82) is 0 Å². The van der Waals surface area contributed by atoms with E-state index in [0.717, 1.165) is 24.4 Å². The molecule has 0 heterocycles. The summed E-state index contributed by atoms with van der Waals surface area (Å²) in [4.78, 5) is 2.56. The second-order valence-electron chi connectivity index (χ2n) is 6.31. The average Bonchev–Trinajstić information content (AvgIpc) is 2.33. The number of unbranched alkanes of at least 4 members (excludes halogenated alkanes) is 2. The molecule has 0 radical (unpaired) electrons. The van der Waals surface area contributed by atoms with E-state index in [0.29, 0.717) is 0 Å². The fourth-order valence-electron chi connectivity index (χ4n) is 3.35. The summed E-state index contributed by atoms with van der Waals surface area (Å²) >= 11 is 0. The molecule has 2 nitrogen and oxygen atoms in total. The SMILES string of the molecule is CCCCCN(C)CC1CC(C)CCC1NCC. The van der Waals surface area contributed by atoms with Crippen molar-refractivity contribution in [3.05, 3.63) is 0 Å². The van der Waals surface area contributed by atoms with Crippen LogP contribution in [0.25, 0.3) is 0 Å². The first-order valence-corrected chi connectivity index (χ1v) is 8.09. The fraction of sp³-hybridized carbons (Fsp3) is 1.00. The van der Waals surface area contributed by atoms with E-state index in [-0.39, 0.29) is 0 Å². The molecule has 1 saturated carbocycles. The lowest BCUT2D eigenvalue weighted by Crippen LogP contribution is -2.45. The summed E-state index contributed by atoms with van der Waals surface area (Å²) in [5.74, 6) is 1.79. The summed E-state index contributed by atoms with van der Waals surface area (Å²) in [5, 5.41) is 3.70. The molecular weight excluding hydrogens is 220 g/mol. The van der Waals surface area contributed by atoms with Gasteiger partial charge in [0.05, 0.1) is 0 Å². The Kier molecular flexibility index (Phi) is 7.92. The van der Waals surface area contributed by atoms with Gasteiger partial charge in [0, 0.05) is 12.6 Å². The van der Waals surface area contributed by atoms with Gasteiger partial charge in [-0.3, -0.25) is 0 Å². The van der Waals surface area contributed by atoms with E-state index in [9.17, 15) is 0 Å². The standard InChI is InChI=1S/C16H34N2/c1-5-7-8-11-18(4)13-15-12-14(3)9-10-16(15)17-6-2/h14-17H,5-13H2,1-4H3. The van der Waals surface area contributed by atoms with Crippen LogP contribution < -0.4 is 5.32 Å². The van der Waals surface area contributed by atoms with Gasteiger partial charge in [-0.2, -0.15) is 0 Å². The van der Waals surface area contributed by atoms with E-state index < -0.39 is 0 Å². The summed E-state index contributed by atoms with van der Waals surface area (Å²) in [6, 6.07) is 0.764. The molecule has 0 aromatic heterocycles. The lowest BCUT2D eigenvalue weighted by molar-refractivity contribution is 0.160. The Labute approximate surface area is 115 Å². The highest BCUT2D eigenvalue weighted by Crippen LogP contribution is 2.29. The van der Waals surface area contributed by atoms with Crippen molar-refractivity contribution in [2.24, 2.45) is 11.8 Å². The van der Waals surface area contributed by atoms with Crippen LogP contribution in [-0.2, 0) is 0 Å². The maximum absolute atomic E-state index is 3.70. The van der Waals surface area contributed by atoms with Gasteiger partial charge >= 0.3 is 0 Å². The molecule has 3 unspecified atom stereocenters. The van der Waals surface area contributed by atoms with Crippen LogP contribution in [0.3, 0.4) is 0 Å². The Morgan fingerprint density at radius 2 is 1.94 bits per heavy atom. The van der Waals surface area contributed by atoms with E-state index in [4.69, 9.17) is 0 Å². The summed E-state index contributed by atoms with van der Waals surface area (Å²) < 4.78 is 0. The van der Waals surface area contributed by atoms with Gasteiger partial charge in [-0.15, -0.1) is 0 Å². The van der Waals surface area contributed by atoms with Crippen molar-refractivity contribution < 1.29 is 0 Å². The van der Waals surface area contributed by atoms with Gasteiger partial charge in [-0.05, 0) is 57.7 Å². The van der Waals surface area contributed by atoms with E-state index in [2.05, 4.69) is 38.0 Å². The van der Waals surface area contributed by atoms with Crippen molar-refractivity contribution in [1.82, 2.24) is 10.2 Å². The first-order valence-electron chi connectivity index (χ1n) is 8.09. The summed E-state index contributed by atoms with van der Waals surface area (Å²) in [7, 11) is 2.30. The molecule has 1 aliphatic carbocycles. The van der Waals surface area contributed by atoms with Gasteiger partial charge in [0.2, 0.25) is 0 Å². The minimum absolute atomic E-state index is 0.764. The largest absolute Gasteiger partial charge is 0.314 e. The van der Waals surface area contributed by atoms with Gasteiger partial charge in [0.1, 0.15) is 0 Å². The van der Waals surface area contributed by atoms with Crippen LogP contribution in [0.5, 0.6) is 0 Å². The first-order chi connectivity index (χ1) is 8.67. The molecule has 0 aromatic rings. The zero-order valence-corrected chi connectivity index (χ0v) is 13.0. The van der Waals surface area contributed by atoms with Crippen LogP contribution in [0.1, 0.15) is 59.3 Å². The molecule has 3 atom stereocenters. The van der Waals surface area contributed by atoms with Crippen LogP contribution in [-0.4, -0.2) is 37.6 Å². The molecule has 0 aliphatic heterocycles. The molecule has 2 heteroatoms. The minimum Gasteiger partial charge on any atom is -0.314 e. The number of nitrogens with one attached hydrogen (secondary N) is 1. The Morgan fingerprint density at radius 1 is 1.17 bits per heavy atom. The number of rotatable bonds is 8.